The van der Waals surface area contributed by atoms with E-state index in [0.29, 0.717) is 10.6 Å². The summed E-state index contributed by atoms with van der Waals surface area (Å²) in [5, 5.41) is 6.22. The Morgan fingerprint density at radius 3 is 2.45 bits per heavy atom. The summed E-state index contributed by atoms with van der Waals surface area (Å²) in [6, 6.07) is 13.3. The molecule has 1 heterocycles. The van der Waals surface area contributed by atoms with Crippen LogP contribution in [0.25, 0.3) is 10.1 Å². The average molecular weight is 410 g/mol. The van der Waals surface area contributed by atoms with Gasteiger partial charge in [0.2, 0.25) is 5.91 Å². The molecule has 3 aromatic rings. The molecule has 7 heteroatoms. The van der Waals surface area contributed by atoms with E-state index in [1.165, 1.54) is 11.3 Å². The van der Waals surface area contributed by atoms with Gasteiger partial charge in [0, 0.05) is 10.4 Å². The first-order valence-corrected chi connectivity index (χ1v) is 9.96. The van der Waals surface area contributed by atoms with Crippen molar-refractivity contribution in [1.29, 1.82) is 0 Å². The molecule has 0 saturated carbocycles. The zero-order chi connectivity index (χ0) is 21.0. The fraction of sp³-hybridized carbons (Fsp3) is 0.227. The number of hydrogen-bond acceptors (Lipinski definition) is 5. The van der Waals surface area contributed by atoms with Crippen molar-refractivity contribution in [2.45, 2.75) is 20.8 Å². The number of esters is 1. The van der Waals surface area contributed by atoms with Gasteiger partial charge in [-0.1, -0.05) is 30.3 Å². The third-order valence-corrected chi connectivity index (χ3v) is 5.94. The first-order chi connectivity index (χ1) is 13.9. The van der Waals surface area contributed by atoms with E-state index in [1.807, 2.05) is 57.2 Å². The molecule has 0 spiro atoms. The lowest BCUT2D eigenvalue weighted by Gasteiger charge is -2.11. The van der Waals surface area contributed by atoms with Crippen LogP contribution in [-0.4, -0.2) is 30.9 Å². The van der Waals surface area contributed by atoms with Gasteiger partial charge in [0.05, 0.1) is 6.54 Å². The van der Waals surface area contributed by atoms with Gasteiger partial charge in [-0.05, 0) is 55.0 Å². The summed E-state index contributed by atoms with van der Waals surface area (Å²) in [4.78, 5) is 36.8. The third-order valence-electron chi connectivity index (χ3n) is 4.69. The summed E-state index contributed by atoms with van der Waals surface area (Å²) >= 11 is 1.34. The van der Waals surface area contributed by atoms with Crippen molar-refractivity contribution in [3.05, 3.63) is 64.0 Å². The summed E-state index contributed by atoms with van der Waals surface area (Å²) in [7, 11) is 0. The molecule has 1 aromatic heterocycles. The first-order valence-electron chi connectivity index (χ1n) is 9.15. The highest BCUT2D eigenvalue weighted by atomic mass is 32.1. The molecule has 6 nitrogen and oxygen atoms in total. The SMILES string of the molecule is Cc1cccc(NC(=O)CNC(=O)COC(=O)c2sc3ccccc3c2C)c1C. The molecule has 0 aliphatic rings. The minimum atomic E-state index is -0.543. The third kappa shape index (κ3) is 4.81. The maximum Gasteiger partial charge on any atom is 0.349 e. The zero-order valence-electron chi connectivity index (χ0n) is 16.5. The number of fused-ring (bicyclic) bond motifs is 1. The van der Waals surface area contributed by atoms with Crippen molar-refractivity contribution in [2.24, 2.45) is 0 Å². The van der Waals surface area contributed by atoms with Gasteiger partial charge in [-0.25, -0.2) is 4.79 Å². The van der Waals surface area contributed by atoms with E-state index in [4.69, 9.17) is 4.74 Å². The summed E-state index contributed by atoms with van der Waals surface area (Å²) in [6.45, 7) is 5.08. The fourth-order valence-corrected chi connectivity index (χ4v) is 3.98. The minimum Gasteiger partial charge on any atom is -0.451 e. The number of benzene rings is 2. The minimum absolute atomic E-state index is 0.203. The lowest BCUT2D eigenvalue weighted by atomic mass is 10.1. The molecule has 0 aliphatic carbocycles. The molecule has 0 bridgehead atoms. The van der Waals surface area contributed by atoms with Crippen LogP contribution in [-0.2, 0) is 14.3 Å². The first kappa shape index (κ1) is 20.5. The van der Waals surface area contributed by atoms with Crippen molar-refractivity contribution in [2.75, 3.05) is 18.5 Å². The van der Waals surface area contributed by atoms with Crippen molar-refractivity contribution >= 4 is 44.9 Å². The molecule has 0 aliphatic heterocycles. The quantitative estimate of drug-likeness (QED) is 0.607. The van der Waals surface area contributed by atoms with Gasteiger partial charge in [-0.15, -0.1) is 11.3 Å². The van der Waals surface area contributed by atoms with Crippen molar-refractivity contribution < 1.29 is 19.1 Å². The average Bonchev–Trinajstić information content (AvgIpc) is 3.05. The van der Waals surface area contributed by atoms with Gasteiger partial charge >= 0.3 is 5.97 Å². The van der Waals surface area contributed by atoms with Crippen molar-refractivity contribution in [1.82, 2.24) is 5.32 Å². The largest absolute Gasteiger partial charge is 0.451 e. The maximum atomic E-state index is 12.3. The van der Waals surface area contributed by atoms with E-state index >= 15 is 0 Å². The van der Waals surface area contributed by atoms with Gasteiger partial charge in [0.25, 0.3) is 5.91 Å². The lowest BCUT2D eigenvalue weighted by molar-refractivity contribution is -0.126. The second kappa shape index (κ2) is 8.87. The Bertz CT molecular complexity index is 1090. The number of carbonyl (C=O) groups is 3. The van der Waals surface area contributed by atoms with Gasteiger partial charge in [0.15, 0.2) is 6.61 Å². The van der Waals surface area contributed by atoms with Crippen LogP contribution in [0.15, 0.2) is 42.5 Å². The van der Waals surface area contributed by atoms with E-state index in [9.17, 15) is 14.4 Å². The number of ether oxygens (including phenoxy) is 1. The number of nitrogens with one attached hydrogen (secondary N) is 2. The fourth-order valence-electron chi connectivity index (χ4n) is 2.88. The highest BCUT2D eigenvalue weighted by molar-refractivity contribution is 7.21. The second-order valence-electron chi connectivity index (χ2n) is 6.70. The van der Waals surface area contributed by atoms with Gasteiger partial charge in [-0.2, -0.15) is 0 Å². The Morgan fingerprint density at radius 2 is 1.69 bits per heavy atom. The predicted octanol–water partition coefficient (Wildman–Crippen LogP) is 3.74. The molecule has 0 saturated heterocycles. The Balaban J connectivity index is 1.49. The number of aryl methyl sites for hydroxylation is 2. The van der Waals surface area contributed by atoms with Crippen LogP contribution < -0.4 is 10.6 Å². The van der Waals surface area contributed by atoms with E-state index in [2.05, 4.69) is 10.6 Å². The standard InChI is InChI=1S/C22H22N2O4S/c1-13-7-6-9-17(14(13)2)24-19(25)11-23-20(26)12-28-22(27)21-15(3)16-8-4-5-10-18(16)29-21/h4-10H,11-12H2,1-3H3,(H,23,26)(H,24,25). The van der Waals surface area contributed by atoms with Crippen LogP contribution in [0.1, 0.15) is 26.4 Å². The van der Waals surface area contributed by atoms with E-state index in [1.54, 1.807) is 6.07 Å². The predicted molar refractivity (Wildman–Crippen MR) is 114 cm³/mol. The molecule has 0 radical (unpaired) electrons. The Kier molecular flexibility index (Phi) is 6.29. The molecule has 29 heavy (non-hydrogen) atoms. The molecule has 0 atom stereocenters. The molecule has 2 amide bonds. The van der Waals surface area contributed by atoms with Crippen molar-refractivity contribution in [3.63, 3.8) is 0 Å². The second-order valence-corrected chi connectivity index (χ2v) is 7.75. The van der Waals surface area contributed by atoms with E-state index in [0.717, 1.165) is 26.8 Å². The Morgan fingerprint density at radius 1 is 0.931 bits per heavy atom. The molecule has 150 valence electrons. The van der Waals surface area contributed by atoms with Gasteiger partial charge in [0.1, 0.15) is 4.88 Å². The number of rotatable bonds is 6. The molecule has 2 aromatic carbocycles. The topological polar surface area (TPSA) is 84.5 Å². The van der Waals surface area contributed by atoms with Crippen LogP contribution in [0, 0.1) is 20.8 Å². The van der Waals surface area contributed by atoms with Crippen LogP contribution in [0.2, 0.25) is 0 Å². The van der Waals surface area contributed by atoms with E-state index in [-0.39, 0.29) is 12.5 Å². The molecule has 0 fully saturated rings. The normalized spacial score (nSPS) is 10.6. The Labute approximate surface area is 172 Å². The summed E-state index contributed by atoms with van der Waals surface area (Å²) in [5.74, 6) is -1.43. The van der Waals surface area contributed by atoms with Crippen molar-refractivity contribution in [3.8, 4) is 0 Å². The highest BCUT2D eigenvalue weighted by Gasteiger charge is 2.18. The number of hydrogen-bond donors (Lipinski definition) is 2. The number of amides is 2. The zero-order valence-corrected chi connectivity index (χ0v) is 17.3. The lowest BCUT2D eigenvalue weighted by Crippen LogP contribution is -2.35. The highest BCUT2D eigenvalue weighted by Crippen LogP contribution is 2.30. The monoisotopic (exact) mass is 410 g/mol. The number of anilines is 1. The maximum absolute atomic E-state index is 12.3. The van der Waals surface area contributed by atoms with Gasteiger partial charge in [-0.3, -0.25) is 9.59 Å². The molecule has 3 rings (SSSR count). The van der Waals surface area contributed by atoms with Crippen LogP contribution in [0.3, 0.4) is 0 Å². The summed E-state index contributed by atoms with van der Waals surface area (Å²) < 4.78 is 6.10. The number of thiophene rings is 1. The van der Waals surface area contributed by atoms with E-state index < -0.39 is 18.5 Å². The molecular formula is C22H22N2O4S. The van der Waals surface area contributed by atoms with Crippen LogP contribution in [0.5, 0.6) is 0 Å². The molecule has 2 N–H and O–H groups in total. The molecule has 0 unspecified atom stereocenters. The smallest absolute Gasteiger partial charge is 0.349 e. The Hall–Kier alpha value is -3.19. The summed E-state index contributed by atoms with van der Waals surface area (Å²) in [6.07, 6.45) is 0. The summed E-state index contributed by atoms with van der Waals surface area (Å²) in [5.41, 5.74) is 3.58. The van der Waals surface area contributed by atoms with Gasteiger partial charge < -0.3 is 15.4 Å². The van der Waals surface area contributed by atoms with Crippen LogP contribution >= 0.6 is 11.3 Å². The molecular weight excluding hydrogens is 388 g/mol. The van der Waals surface area contributed by atoms with Crippen LogP contribution in [0.4, 0.5) is 5.69 Å². The number of carbonyl (C=O) groups excluding carboxylic acids is 3.